The van der Waals surface area contributed by atoms with Crippen molar-refractivity contribution in [2.45, 2.75) is 174 Å². The molecule has 706 valence electrons. The third kappa shape index (κ3) is 22.2. The van der Waals surface area contributed by atoms with Crippen LogP contribution in [0.1, 0.15) is 186 Å². The van der Waals surface area contributed by atoms with Gasteiger partial charge in [0.2, 0.25) is 11.9 Å². The second-order valence-electron chi connectivity index (χ2n) is 41.7. The van der Waals surface area contributed by atoms with Gasteiger partial charge in [0.15, 0.2) is 5.82 Å². The zero-order valence-corrected chi connectivity index (χ0v) is 87.6. The van der Waals surface area contributed by atoms with Crippen LogP contribution in [0.4, 0.5) is 17.1 Å². The molecule has 0 saturated carbocycles. The number of fused-ring (bicyclic) bond motifs is 14. The molecule has 1 N–H and O–H groups in total. The predicted octanol–water partition coefficient (Wildman–Crippen LogP) is 34.6. The molecule has 0 aliphatic heterocycles. The smallest absolute Gasteiger partial charge is 0.756 e. The van der Waals surface area contributed by atoms with Gasteiger partial charge < -0.3 is 20.2 Å². The van der Waals surface area contributed by atoms with Crippen LogP contribution < -0.4 is 10.6 Å². The van der Waals surface area contributed by atoms with E-state index in [1.807, 2.05) is 32.0 Å². The maximum Gasteiger partial charge on any atom is 2.00 e. The molecule has 0 atom stereocenters. The normalized spacial score (nSPS) is 11.9. The first-order valence-electron chi connectivity index (χ1n) is 48.3. The molecule has 0 fully saturated rings. The fourth-order valence-corrected chi connectivity index (χ4v) is 25.5. The van der Waals surface area contributed by atoms with Crippen molar-refractivity contribution in [3.05, 3.63) is 374 Å². The Bertz CT molecular complexity index is 7070. The molecule has 0 aliphatic carbocycles. The number of nitrogens with zero attached hydrogens (tertiary/aromatic N) is 8. The minimum Gasteiger partial charge on any atom is -0.756 e. The topological polar surface area (TPSA) is 96.3 Å². The largest absolute Gasteiger partial charge is 2.00 e. The molecule has 0 aliphatic rings. The van der Waals surface area contributed by atoms with E-state index in [1.54, 1.807) is 5.30 Å². The maximum atomic E-state index is 7.46. The number of benzene rings is 14. The van der Waals surface area contributed by atoms with Crippen LogP contribution in [0, 0.1) is 37.5 Å². The molecule has 136 heavy (non-hydrogen) atoms. The quantitative estimate of drug-likeness (QED) is 0.0486. The summed E-state index contributed by atoms with van der Waals surface area (Å²) in [6, 6.07) is 113. The molecule has 13 heteroatoms. The van der Waals surface area contributed by atoms with Crippen molar-refractivity contribution in [3.63, 3.8) is 0 Å². The fourth-order valence-electron chi connectivity index (χ4n) is 18.8. The summed E-state index contributed by atoms with van der Waals surface area (Å²) in [5.41, 5.74) is 31.9. The zero-order chi connectivity index (χ0) is 95.4. The van der Waals surface area contributed by atoms with Crippen molar-refractivity contribution in [2.75, 3.05) is 24.6 Å². The average molecular weight is 1930 g/mol. The van der Waals surface area contributed by atoms with Gasteiger partial charge in [0.1, 0.15) is 0 Å². The van der Waals surface area contributed by atoms with Crippen LogP contribution in [0.5, 0.6) is 0 Å². The van der Waals surface area contributed by atoms with Gasteiger partial charge in [0.05, 0.1) is 79.4 Å². The van der Waals surface area contributed by atoms with Gasteiger partial charge in [-0.1, -0.05) is 388 Å². The summed E-state index contributed by atoms with van der Waals surface area (Å²) in [6.45, 7) is 58.1. The van der Waals surface area contributed by atoms with E-state index in [4.69, 9.17) is 26.0 Å². The van der Waals surface area contributed by atoms with Crippen LogP contribution >= 0.6 is 15.8 Å². The van der Waals surface area contributed by atoms with Crippen molar-refractivity contribution < 1.29 is 34.1 Å². The zero-order valence-electron chi connectivity index (χ0n) is 83.8. The predicted molar refractivity (Wildman–Crippen MR) is 590 cm³/mol. The van der Waals surface area contributed by atoms with Crippen LogP contribution in [0.3, 0.4) is 0 Å². The molecular weight excluding hydrogens is 1790 g/mol. The number of nitrogens with one attached hydrogen (secondary N) is 1. The first kappa shape index (κ1) is 102. The monoisotopic (exact) mass is 1930 g/mol. The molecule has 2 radical (unpaired) electrons. The molecule has 19 aromatic rings. The molecule has 0 spiro atoms. The molecule has 5 aromatic heterocycles. The Kier molecular flexibility index (Phi) is 32.3. The van der Waals surface area contributed by atoms with Crippen LogP contribution in [-0.2, 0) is 55.8 Å². The van der Waals surface area contributed by atoms with Gasteiger partial charge in [-0.15, -0.1) is 17.8 Å². The van der Waals surface area contributed by atoms with E-state index in [-0.39, 0.29) is 55.8 Å². The van der Waals surface area contributed by atoms with Crippen molar-refractivity contribution in [2.24, 2.45) is 23.7 Å². The Balaban J connectivity index is 0.000000195. The van der Waals surface area contributed by atoms with E-state index in [1.165, 1.54) is 63.0 Å². The van der Waals surface area contributed by atoms with Gasteiger partial charge >= 0.3 is 17.1 Å². The summed E-state index contributed by atoms with van der Waals surface area (Å²) < 4.78 is 9.37. The molecular formula is C123H137Cu2N9P2. The van der Waals surface area contributed by atoms with Crippen molar-refractivity contribution in [3.8, 4) is 45.8 Å². The number of hydrogen-bond acceptors (Lipinski definition) is 3. The van der Waals surface area contributed by atoms with Gasteiger partial charge in [-0.05, 0) is 134 Å². The van der Waals surface area contributed by atoms with E-state index in [0.29, 0.717) is 35.2 Å². The number of para-hydroxylation sites is 6. The summed E-state index contributed by atoms with van der Waals surface area (Å²) in [5.74, 6) is 4.65. The van der Waals surface area contributed by atoms with Crippen molar-refractivity contribution in [1.82, 2.24) is 33.2 Å². The molecule has 0 saturated heterocycles. The van der Waals surface area contributed by atoms with Crippen LogP contribution in [-0.4, -0.2) is 57.9 Å². The van der Waals surface area contributed by atoms with E-state index >= 15 is 0 Å². The maximum absolute atomic E-state index is 7.46. The van der Waals surface area contributed by atoms with Crippen LogP contribution in [0.25, 0.3) is 144 Å². The summed E-state index contributed by atoms with van der Waals surface area (Å²) in [7, 11) is -1.11. The molecule has 0 amide bonds. The third-order valence-electron chi connectivity index (χ3n) is 25.4. The first-order valence-corrected chi connectivity index (χ1v) is 52.1. The summed E-state index contributed by atoms with van der Waals surface area (Å²) in [4.78, 5) is 16.8. The van der Waals surface area contributed by atoms with Crippen LogP contribution in [0.2, 0.25) is 0 Å². The Labute approximate surface area is 833 Å². The van der Waals surface area contributed by atoms with E-state index in [9.17, 15) is 0 Å². The summed E-state index contributed by atoms with van der Waals surface area (Å²) in [5, 5.41) is 17.5. The fraction of sp³-hybridized carbons (Fsp3) is 0.276. The molecule has 0 unspecified atom stereocenters. The van der Waals surface area contributed by atoms with Gasteiger partial charge in [-0.2, -0.15) is 27.1 Å². The van der Waals surface area contributed by atoms with E-state index < -0.39 is 15.8 Å². The van der Waals surface area contributed by atoms with Gasteiger partial charge in [0, 0.05) is 92.9 Å². The Morgan fingerprint density at radius 2 is 0.632 bits per heavy atom. The number of hydrogen-bond donors (Lipinski definition) is 0. The second kappa shape index (κ2) is 43.1. The molecule has 14 aromatic carbocycles. The minimum absolute atomic E-state index is 0. The van der Waals surface area contributed by atoms with E-state index in [2.05, 4.69) is 468 Å². The van der Waals surface area contributed by atoms with Gasteiger partial charge in [-0.25, -0.2) is 25.0 Å². The van der Waals surface area contributed by atoms with Crippen molar-refractivity contribution in [1.29, 1.82) is 0 Å². The number of aromatic nitrogens is 7. The Hall–Kier alpha value is -11.5. The van der Waals surface area contributed by atoms with E-state index in [0.717, 1.165) is 139 Å². The number of rotatable bonds is 18. The van der Waals surface area contributed by atoms with Gasteiger partial charge in [-0.3, -0.25) is 20.5 Å². The molecule has 0 bridgehead atoms. The SMILES string of the molecule is CC.CC(C)C[PH+](CC(C)C)c1cccc(C(C)(C)C)c1.[CH2-]c1cc(C(C)(C)C)ccc1[N-]c1ccc(C(C)(C)C)cc1[PH+](CC(C)C)CC(C)C.[CH2-]c1cc(C(C)(C)C)ccc1[NH-].[Cu+2].[Cu].c1ccc(-c2ccc(-c3nc(-n4c5ccccc5c5ccc6c7ccccc7n(-c7ccccc7)c6c54)nc(-n4c5ccccc5c5ccc6c7ccccc7n(-c7ccccc7)c6c54)n3)cc2)cc1. The molecule has 5 heterocycles. The van der Waals surface area contributed by atoms with Crippen molar-refractivity contribution >= 4 is 131 Å². The van der Waals surface area contributed by atoms with Crippen LogP contribution in [0.15, 0.2) is 315 Å². The minimum atomic E-state index is -0.709. The van der Waals surface area contributed by atoms with Gasteiger partial charge in [0.25, 0.3) is 0 Å². The standard InChI is InChI=1S/C63H39N7.C29H44NP.C18H31P.C11H15N.C2H6.2Cu/c1-4-18-40(19-5-1)41-32-34-42(35-33-41)61-64-62(69-55-30-16-12-26-47(55)51-38-36-49-45-24-10-14-28-53(45)67(57(49)59(51)69)43-20-6-2-7-21-43)66-63(65-61)70-56-31-17-13-27-48(56)52-39-37-50-46-25-11-15-29-54(46)68(58(50)60(52)70)44-22-8-3-9-23-44;1-20(2)18-31(19-21(3)4)27-17-24(29(9,10)11)13-15-26(27)30-25-14-12-23(16-22(25)5)28(6,7)8;1-14(2)12-19(13-15(3)4)17-10-8-9-16(11-17)18(5,6)7;1-8-7-9(11(2,3)4)5-6-10(8)12;1-2;;/h1-39H;12-17,20-21H,5,18-19H2,1-4,6-11H3;8-11,14-15H,12-13H2,1-7H3;5-7,12H,1H2,2-4H3;1-2H3;;/q;-2;;-2;;;+2/p+2. The Morgan fingerprint density at radius 1 is 0.309 bits per heavy atom. The second-order valence-corrected chi connectivity index (χ2v) is 46.9. The third-order valence-corrected chi connectivity index (χ3v) is 32.9. The molecule has 19 rings (SSSR count). The average Bonchev–Trinajstić information content (AvgIpc) is 1.54. The molecule has 9 nitrogen and oxygen atoms in total. The summed E-state index contributed by atoms with van der Waals surface area (Å²) >= 11 is 0. The first-order chi connectivity index (χ1) is 64.1. The Morgan fingerprint density at radius 3 is 1.02 bits per heavy atom. The summed E-state index contributed by atoms with van der Waals surface area (Å²) in [6.07, 6.45) is 5.38.